The molecule has 0 radical (unpaired) electrons. The molecule has 4 nitrogen and oxygen atoms in total. The van der Waals surface area contributed by atoms with Crippen LogP contribution in [0.1, 0.15) is 59.2 Å². The third-order valence-electron chi connectivity index (χ3n) is 7.01. The lowest BCUT2D eigenvalue weighted by Crippen LogP contribution is -2.49. The molecule has 1 saturated carbocycles. The van der Waals surface area contributed by atoms with Gasteiger partial charge in [0, 0.05) is 34.8 Å². The zero-order valence-corrected chi connectivity index (χ0v) is 18.0. The van der Waals surface area contributed by atoms with E-state index in [1.807, 2.05) is 30.3 Å². The van der Waals surface area contributed by atoms with Crippen molar-refractivity contribution in [1.29, 1.82) is 0 Å². The molecule has 0 spiro atoms. The van der Waals surface area contributed by atoms with Gasteiger partial charge in [0.15, 0.2) is 0 Å². The Kier molecular flexibility index (Phi) is 5.64. The van der Waals surface area contributed by atoms with E-state index in [1.165, 1.54) is 49.9 Å². The molecule has 1 saturated heterocycles. The first kappa shape index (κ1) is 20.7. The van der Waals surface area contributed by atoms with Crippen LogP contribution in [0, 0.1) is 11.7 Å². The first-order valence-corrected chi connectivity index (χ1v) is 11.5. The fraction of sp³-hybridized carbons (Fsp3) is 0.333. The van der Waals surface area contributed by atoms with Gasteiger partial charge in [-0.15, -0.1) is 0 Å². The molecule has 0 bridgehead atoms. The number of carbonyl (C=O) groups is 2. The number of piperidine rings is 1. The van der Waals surface area contributed by atoms with Crippen molar-refractivity contribution < 1.29 is 14.0 Å². The van der Waals surface area contributed by atoms with Gasteiger partial charge < -0.3 is 10.2 Å². The molecule has 2 fully saturated rings. The van der Waals surface area contributed by atoms with Crippen molar-refractivity contribution in [2.75, 3.05) is 11.9 Å². The number of hydrogen-bond acceptors (Lipinski definition) is 2. The first-order valence-electron chi connectivity index (χ1n) is 11.5. The molecule has 164 valence electrons. The van der Waals surface area contributed by atoms with Gasteiger partial charge in [0.25, 0.3) is 11.8 Å². The van der Waals surface area contributed by atoms with E-state index in [2.05, 4.69) is 10.2 Å². The van der Waals surface area contributed by atoms with E-state index in [4.69, 9.17) is 0 Å². The lowest BCUT2D eigenvalue weighted by Gasteiger charge is -2.44. The number of likely N-dealkylation sites (tertiary alicyclic amines) is 1. The Morgan fingerprint density at radius 3 is 2.38 bits per heavy atom. The van der Waals surface area contributed by atoms with Crippen LogP contribution in [0.15, 0.2) is 60.7 Å². The van der Waals surface area contributed by atoms with Crippen molar-refractivity contribution in [3.8, 4) is 0 Å². The van der Waals surface area contributed by atoms with E-state index in [-0.39, 0.29) is 17.6 Å². The maximum Gasteiger partial charge on any atom is 0.255 e. The van der Waals surface area contributed by atoms with Gasteiger partial charge in [-0.25, -0.2) is 4.39 Å². The summed E-state index contributed by atoms with van der Waals surface area (Å²) >= 11 is 0. The van der Waals surface area contributed by atoms with Crippen LogP contribution in [0.5, 0.6) is 0 Å². The highest BCUT2D eigenvalue weighted by molar-refractivity contribution is 6.14. The summed E-state index contributed by atoms with van der Waals surface area (Å²) in [5, 5.41) is 4.59. The Hall–Kier alpha value is -3.21. The van der Waals surface area contributed by atoms with Crippen molar-refractivity contribution in [2.45, 2.75) is 44.6 Å². The molecule has 32 heavy (non-hydrogen) atoms. The molecule has 2 atom stereocenters. The van der Waals surface area contributed by atoms with Gasteiger partial charge in [0.2, 0.25) is 0 Å². The van der Waals surface area contributed by atoms with Crippen LogP contribution in [0.25, 0.3) is 10.8 Å². The molecule has 2 aliphatic rings. The molecule has 1 N–H and O–H groups in total. The van der Waals surface area contributed by atoms with Gasteiger partial charge >= 0.3 is 0 Å². The molecular formula is C27H27FN2O2. The molecule has 1 aliphatic heterocycles. The number of rotatable bonds is 3. The van der Waals surface area contributed by atoms with Gasteiger partial charge in [0.05, 0.1) is 0 Å². The summed E-state index contributed by atoms with van der Waals surface area (Å²) in [6, 6.07) is 17.1. The van der Waals surface area contributed by atoms with Crippen LogP contribution in [-0.2, 0) is 0 Å². The summed E-state index contributed by atoms with van der Waals surface area (Å²) in [4.78, 5) is 28.4. The van der Waals surface area contributed by atoms with Crippen LogP contribution >= 0.6 is 0 Å². The summed E-state index contributed by atoms with van der Waals surface area (Å²) in [5.74, 6) is 0.0271. The summed E-state index contributed by atoms with van der Waals surface area (Å²) in [5.41, 5.74) is 1.71. The zero-order valence-electron chi connectivity index (χ0n) is 18.0. The smallest absolute Gasteiger partial charge is 0.255 e. The number of fused-ring (bicyclic) bond motifs is 2. The maximum absolute atomic E-state index is 13.7. The van der Waals surface area contributed by atoms with Gasteiger partial charge in [-0.3, -0.25) is 9.59 Å². The molecular weight excluding hydrogens is 403 g/mol. The van der Waals surface area contributed by atoms with Gasteiger partial charge in [-0.05, 0) is 73.4 Å². The molecule has 5 rings (SSSR count). The van der Waals surface area contributed by atoms with Crippen LogP contribution < -0.4 is 5.32 Å². The van der Waals surface area contributed by atoms with E-state index in [0.29, 0.717) is 28.8 Å². The van der Waals surface area contributed by atoms with Gasteiger partial charge in [-0.1, -0.05) is 37.1 Å². The molecule has 3 aromatic carbocycles. The fourth-order valence-corrected chi connectivity index (χ4v) is 5.42. The Labute approximate surface area is 187 Å². The lowest BCUT2D eigenvalue weighted by atomic mass is 9.78. The minimum atomic E-state index is -0.382. The summed E-state index contributed by atoms with van der Waals surface area (Å²) in [6.07, 6.45) is 7.08. The topological polar surface area (TPSA) is 49.4 Å². The number of benzene rings is 3. The van der Waals surface area contributed by atoms with Crippen molar-refractivity contribution in [1.82, 2.24) is 4.90 Å². The highest BCUT2D eigenvalue weighted by Gasteiger charge is 2.36. The Balaban J connectivity index is 1.46. The normalized spacial score (nSPS) is 20.6. The SMILES string of the molecule is O=C(Nc1ccc(C(=O)N2CCCC3CCCCC32)c2ccccc12)c1ccc(F)cc1. The minimum absolute atomic E-state index is 0.0919. The second kappa shape index (κ2) is 8.73. The predicted molar refractivity (Wildman–Crippen MR) is 124 cm³/mol. The largest absolute Gasteiger partial charge is 0.335 e. The molecule has 1 aliphatic carbocycles. The second-order valence-corrected chi connectivity index (χ2v) is 8.92. The minimum Gasteiger partial charge on any atom is -0.335 e. The lowest BCUT2D eigenvalue weighted by molar-refractivity contribution is 0.0392. The molecule has 5 heteroatoms. The van der Waals surface area contributed by atoms with E-state index in [0.717, 1.165) is 30.2 Å². The number of nitrogens with one attached hydrogen (secondary N) is 1. The first-order chi connectivity index (χ1) is 15.6. The standard InChI is InChI=1S/C27H27FN2O2/c28-20-13-11-19(12-14-20)26(31)29-24-16-15-23(21-8-2-3-9-22(21)24)27(32)30-17-5-7-18-6-1-4-10-25(18)30/h2-3,8-9,11-16,18,25H,1,4-7,10,17H2,(H,29,31). The van der Waals surface area contributed by atoms with E-state index in [9.17, 15) is 14.0 Å². The molecule has 2 amide bonds. The molecule has 2 unspecified atom stereocenters. The number of hydrogen-bond donors (Lipinski definition) is 1. The number of nitrogens with zero attached hydrogens (tertiary/aromatic N) is 1. The highest BCUT2D eigenvalue weighted by atomic mass is 19.1. The number of carbonyl (C=O) groups excluding carboxylic acids is 2. The molecule has 3 aromatic rings. The summed E-state index contributed by atoms with van der Waals surface area (Å²) in [7, 11) is 0. The average molecular weight is 431 g/mol. The van der Waals surface area contributed by atoms with Crippen LogP contribution in [0.2, 0.25) is 0 Å². The molecule has 1 heterocycles. The number of halogens is 1. The average Bonchev–Trinajstić information content (AvgIpc) is 2.84. The monoisotopic (exact) mass is 430 g/mol. The summed E-state index contributed by atoms with van der Waals surface area (Å²) < 4.78 is 13.2. The Morgan fingerprint density at radius 2 is 1.56 bits per heavy atom. The Morgan fingerprint density at radius 1 is 0.844 bits per heavy atom. The van der Waals surface area contributed by atoms with Crippen LogP contribution in [-0.4, -0.2) is 29.3 Å². The summed E-state index contributed by atoms with van der Waals surface area (Å²) in [6.45, 7) is 0.817. The Bertz CT molecular complexity index is 1160. The highest BCUT2D eigenvalue weighted by Crippen LogP contribution is 2.37. The molecule has 0 aromatic heterocycles. The number of anilines is 1. The van der Waals surface area contributed by atoms with Gasteiger partial charge in [-0.2, -0.15) is 0 Å². The number of amides is 2. The quantitative estimate of drug-likeness (QED) is 0.552. The van der Waals surface area contributed by atoms with E-state index < -0.39 is 0 Å². The fourth-order valence-electron chi connectivity index (χ4n) is 5.42. The van der Waals surface area contributed by atoms with E-state index in [1.54, 1.807) is 6.07 Å². The zero-order chi connectivity index (χ0) is 22.1. The van der Waals surface area contributed by atoms with Crippen molar-refractivity contribution in [3.63, 3.8) is 0 Å². The van der Waals surface area contributed by atoms with Crippen LogP contribution in [0.3, 0.4) is 0 Å². The second-order valence-electron chi connectivity index (χ2n) is 8.92. The third-order valence-corrected chi connectivity index (χ3v) is 7.01. The van der Waals surface area contributed by atoms with E-state index >= 15 is 0 Å². The third kappa shape index (κ3) is 3.88. The van der Waals surface area contributed by atoms with Crippen molar-refractivity contribution in [3.05, 3.63) is 77.6 Å². The van der Waals surface area contributed by atoms with Gasteiger partial charge in [0.1, 0.15) is 5.82 Å². The van der Waals surface area contributed by atoms with Crippen molar-refractivity contribution in [2.24, 2.45) is 5.92 Å². The van der Waals surface area contributed by atoms with Crippen molar-refractivity contribution >= 4 is 28.3 Å². The maximum atomic E-state index is 13.7. The van der Waals surface area contributed by atoms with Crippen LogP contribution in [0.4, 0.5) is 10.1 Å². The predicted octanol–water partition coefficient (Wildman–Crippen LogP) is 6.03.